The van der Waals surface area contributed by atoms with Gasteiger partial charge in [0.05, 0.1) is 17.9 Å². The predicted molar refractivity (Wildman–Crippen MR) is 84.8 cm³/mol. The summed E-state index contributed by atoms with van der Waals surface area (Å²) < 4.78 is 16.3. The molecule has 0 saturated heterocycles. The van der Waals surface area contributed by atoms with Crippen molar-refractivity contribution in [3.05, 3.63) is 41.6 Å². The van der Waals surface area contributed by atoms with E-state index in [2.05, 4.69) is 20.5 Å². The van der Waals surface area contributed by atoms with Gasteiger partial charge in [0.15, 0.2) is 5.89 Å². The number of amides is 1. The van der Waals surface area contributed by atoms with Crippen molar-refractivity contribution in [2.75, 3.05) is 11.9 Å². The molecular formula is C16H16N4O4. The van der Waals surface area contributed by atoms with Crippen molar-refractivity contribution in [3.8, 4) is 17.2 Å². The highest BCUT2D eigenvalue weighted by atomic mass is 16.5. The van der Waals surface area contributed by atoms with Crippen LogP contribution in [-0.4, -0.2) is 27.7 Å². The predicted octanol–water partition coefficient (Wildman–Crippen LogP) is 2.99. The number of benzene rings is 1. The summed E-state index contributed by atoms with van der Waals surface area (Å²) in [6.45, 7) is 5.75. The van der Waals surface area contributed by atoms with Gasteiger partial charge >= 0.3 is 6.01 Å². The van der Waals surface area contributed by atoms with E-state index < -0.39 is 5.91 Å². The van der Waals surface area contributed by atoms with Gasteiger partial charge in [-0.3, -0.25) is 10.1 Å². The number of nitrogens with one attached hydrogen (secondary N) is 1. The number of aromatic nitrogens is 3. The molecule has 1 N–H and O–H groups in total. The molecule has 0 bridgehead atoms. The molecule has 3 rings (SSSR count). The van der Waals surface area contributed by atoms with Gasteiger partial charge < -0.3 is 13.6 Å². The Bertz CT molecular complexity index is 869. The Hall–Kier alpha value is -3.16. The van der Waals surface area contributed by atoms with Crippen LogP contribution < -0.4 is 10.1 Å². The Morgan fingerprint density at radius 2 is 2.00 bits per heavy atom. The van der Waals surface area contributed by atoms with E-state index in [0.29, 0.717) is 29.5 Å². The second-order valence-corrected chi connectivity index (χ2v) is 4.94. The van der Waals surface area contributed by atoms with E-state index in [1.54, 1.807) is 19.9 Å². The maximum Gasteiger partial charge on any atom is 0.322 e. The SMILES string of the molecule is CCOc1ccccc1-c1nnc(NC(=O)c2oc(C)nc2C)o1. The third-order valence-electron chi connectivity index (χ3n) is 3.17. The zero-order valence-electron chi connectivity index (χ0n) is 13.5. The Balaban J connectivity index is 1.81. The van der Waals surface area contributed by atoms with Crippen LogP contribution in [0.1, 0.15) is 29.1 Å². The summed E-state index contributed by atoms with van der Waals surface area (Å²) in [5.74, 6) is 0.904. The van der Waals surface area contributed by atoms with E-state index in [9.17, 15) is 4.79 Å². The molecule has 0 radical (unpaired) electrons. The third-order valence-corrected chi connectivity index (χ3v) is 3.17. The minimum absolute atomic E-state index is 0.0326. The van der Waals surface area contributed by atoms with Crippen LogP contribution >= 0.6 is 0 Å². The molecule has 2 heterocycles. The van der Waals surface area contributed by atoms with Crippen molar-refractivity contribution < 1.29 is 18.4 Å². The van der Waals surface area contributed by atoms with E-state index in [-0.39, 0.29) is 17.7 Å². The second kappa shape index (κ2) is 6.53. The molecule has 0 unspecified atom stereocenters. The van der Waals surface area contributed by atoms with Crippen LogP contribution in [0, 0.1) is 13.8 Å². The monoisotopic (exact) mass is 328 g/mol. The molecule has 0 fully saturated rings. The van der Waals surface area contributed by atoms with Crippen LogP contribution in [0.25, 0.3) is 11.5 Å². The summed E-state index contributed by atoms with van der Waals surface area (Å²) in [7, 11) is 0. The Kier molecular flexibility index (Phi) is 4.28. The fourth-order valence-corrected chi connectivity index (χ4v) is 2.20. The van der Waals surface area contributed by atoms with Crippen LogP contribution in [0.4, 0.5) is 6.01 Å². The quantitative estimate of drug-likeness (QED) is 0.767. The average molecular weight is 328 g/mol. The first-order valence-electron chi connectivity index (χ1n) is 7.39. The smallest absolute Gasteiger partial charge is 0.322 e. The number of ether oxygens (including phenoxy) is 1. The standard InChI is InChI=1S/C16H16N4O4/c1-4-22-12-8-6-5-7-11(12)15-19-20-16(24-15)18-14(21)13-9(2)17-10(3)23-13/h5-8H,4H2,1-3H3,(H,18,20,21). The van der Waals surface area contributed by atoms with Gasteiger partial charge in [-0.05, 0) is 26.0 Å². The molecule has 8 heteroatoms. The van der Waals surface area contributed by atoms with Crippen molar-refractivity contribution in [2.24, 2.45) is 0 Å². The van der Waals surface area contributed by atoms with Crippen LogP contribution in [0.2, 0.25) is 0 Å². The molecule has 0 saturated carbocycles. The minimum atomic E-state index is -0.499. The van der Waals surface area contributed by atoms with Crippen LogP contribution in [-0.2, 0) is 0 Å². The molecule has 0 spiro atoms. The first-order valence-corrected chi connectivity index (χ1v) is 7.39. The van der Waals surface area contributed by atoms with E-state index in [4.69, 9.17) is 13.6 Å². The lowest BCUT2D eigenvalue weighted by Crippen LogP contribution is -2.12. The van der Waals surface area contributed by atoms with Gasteiger partial charge in [-0.1, -0.05) is 17.2 Å². The molecule has 0 aliphatic carbocycles. The number of para-hydroxylation sites is 1. The highest BCUT2D eigenvalue weighted by Crippen LogP contribution is 2.29. The number of carbonyl (C=O) groups excluding carboxylic acids is 1. The number of anilines is 1. The molecule has 0 aliphatic rings. The molecule has 2 aromatic heterocycles. The highest BCUT2D eigenvalue weighted by Gasteiger charge is 2.19. The molecular weight excluding hydrogens is 312 g/mol. The lowest BCUT2D eigenvalue weighted by molar-refractivity contribution is 0.0992. The van der Waals surface area contributed by atoms with Crippen molar-refractivity contribution in [2.45, 2.75) is 20.8 Å². The van der Waals surface area contributed by atoms with Gasteiger partial charge in [0.1, 0.15) is 5.75 Å². The lowest BCUT2D eigenvalue weighted by atomic mass is 10.2. The fourth-order valence-electron chi connectivity index (χ4n) is 2.20. The van der Waals surface area contributed by atoms with Crippen LogP contribution in [0.15, 0.2) is 33.1 Å². The molecule has 3 aromatic rings. The van der Waals surface area contributed by atoms with Gasteiger partial charge in [-0.25, -0.2) is 4.98 Å². The van der Waals surface area contributed by atoms with Crippen molar-refractivity contribution >= 4 is 11.9 Å². The summed E-state index contributed by atoms with van der Waals surface area (Å²) in [5.41, 5.74) is 1.14. The molecule has 0 aliphatic heterocycles. The number of carbonyl (C=O) groups is 1. The molecule has 0 atom stereocenters. The van der Waals surface area contributed by atoms with Crippen molar-refractivity contribution in [1.29, 1.82) is 0 Å². The maximum atomic E-state index is 12.2. The van der Waals surface area contributed by atoms with Gasteiger partial charge in [0, 0.05) is 6.92 Å². The first kappa shape index (κ1) is 15.7. The van der Waals surface area contributed by atoms with Crippen molar-refractivity contribution in [1.82, 2.24) is 15.2 Å². The topological polar surface area (TPSA) is 103 Å². The molecule has 24 heavy (non-hydrogen) atoms. The number of aryl methyl sites for hydroxylation is 2. The molecule has 8 nitrogen and oxygen atoms in total. The van der Waals surface area contributed by atoms with Crippen LogP contribution in [0.5, 0.6) is 5.75 Å². The Morgan fingerprint density at radius 3 is 2.71 bits per heavy atom. The zero-order chi connectivity index (χ0) is 17.1. The van der Waals surface area contributed by atoms with E-state index in [0.717, 1.165) is 0 Å². The number of hydrogen-bond acceptors (Lipinski definition) is 7. The zero-order valence-corrected chi connectivity index (χ0v) is 13.5. The average Bonchev–Trinajstić information content (AvgIpc) is 3.14. The summed E-state index contributed by atoms with van der Waals surface area (Å²) in [6.07, 6.45) is 0. The van der Waals surface area contributed by atoms with E-state index in [1.165, 1.54) is 0 Å². The Labute approximate surface area is 137 Å². The highest BCUT2D eigenvalue weighted by molar-refractivity contribution is 6.01. The summed E-state index contributed by atoms with van der Waals surface area (Å²) in [5, 5.41) is 10.3. The lowest BCUT2D eigenvalue weighted by Gasteiger charge is -2.06. The van der Waals surface area contributed by atoms with E-state index in [1.807, 2.05) is 25.1 Å². The second-order valence-electron chi connectivity index (χ2n) is 4.94. The van der Waals surface area contributed by atoms with Gasteiger partial charge in [-0.2, -0.15) is 0 Å². The van der Waals surface area contributed by atoms with Crippen LogP contribution in [0.3, 0.4) is 0 Å². The maximum absolute atomic E-state index is 12.2. The minimum Gasteiger partial charge on any atom is -0.493 e. The van der Waals surface area contributed by atoms with Gasteiger partial charge in [0.25, 0.3) is 11.8 Å². The molecule has 124 valence electrons. The van der Waals surface area contributed by atoms with Crippen molar-refractivity contribution in [3.63, 3.8) is 0 Å². The molecule has 1 amide bonds. The Morgan fingerprint density at radius 1 is 1.21 bits per heavy atom. The van der Waals surface area contributed by atoms with Gasteiger partial charge in [0.2, 0.25) is 5.76 Å². The number of rotatable bonds is 5. The summed E-state index contributed by atoms with van der Waals surface area (Å²) >= 11 is 0. The van der Waals surface area contributed by atoms with E-state index >= 15 is 0 Å². The first-order chi connectivity index (χ1) is 11.6. The summed E-state index contributed by atoms with van der Waals surface area (Å²) in [4.78, 5) is 16.2. The molecule has 1 aromatic carbocycles. The summed E-state index contributed by atoms with van der Waals surface area (Å²) in [6, 6.07) is 7.26. The number of hydrogen-bond donors (Lipinski definition) is 1. The normalized spacial score (nSPS) is 10.6. The largest absolute Gasteiger partial charge is 0.493 e. The number of oxazole rings is 1. The fraction of sp³-hybridized carbons (Fsp3) is 0.250. The van der Waals surface area contributed by atoms with Gasteiger partial charge in [-0.15, -0.1) is 5.10 Å². The number of nitrogens with zero attached hydrogens (tertiary/aromatic N) is 3. The third kappa shape index (κ3) is 3.12.